The second kappa shape index (κ2) is 3.98. The zero-order valence-corrected chi connectivity index (χ0v) is 10.0. The third-order valence-electron chi connectivity index (χ3n) is 2.82. The summed E-state index contributed by atoms with van der Waals surface area (Å²) < 4.78 is 11.2. The minimum Gasteiger partial charge on any atom is -0.486 e. The van der Waals surface area contributed by atoms with Crippen LogP contribution in [0.1, 0.15) is 31.9 Å². The molecule has 88 valence electrons. The van der Waals surface area contributed by atoms with E-state index in [9.17, 15) is 5.11 Å². The number of hydrogen-bond donors (Lipinski definition) is 1. The molecule has 1 heterocycles. The zero-order valence-electron chi connectivity index (χ0n) is 10.0. The van der Waals surface area contributed by atoms with Crippen molar-refractivity contribution in [3.05, 3.63) is 23.3 Å². The van der Waals surface area contributed by atoms with Gasteiger partial charge in [0.2, 0.25) is 0 Å². The fraction of sp³-hybridized carbons (Fsp3) is 0.538. The lowest BCUT2D eigenvalue weighted by molar-refractivity contribution is 0.0765. The summed E-state index contributed by atoms with van der Waals surface area (Å²) in [4.78, 5) is 0. The van der Waals surface area contributed by atoms with Gasteiger partial charge in [-0.3, -0.25) is 0 Å². The van der Waals surface area contributed by atoms with Gasteiger partial charge in [-0.1, -0.05) is 13.0 Å². The lowest BCUT2D eigenvalue weighted by Gasteiger charge is -2.27. The normalized spacial score (nSPS) is 15.0. The Morgan fingerprint density at radius 2 is 1.94 bits per heavy atom. The van der Waals surface area contributed by atoms with Crippen molar-refractivity contribution in [2.24, 2.45) is 0 Å². The van der Waals surface area contributed by atoms with Crippen molar-refractivity contribution in [1.29, 1.82) is 0 Å². The van der Waals surface area contributed by atoms with E-state index in [0.717, 1.165) is 29.0 Å². The van der Waals surface area contributed by atoms with Gasteiger partial charge < -0.3 is 14.6 Å². The van der Waals surface area contributed by atoms with Crippen molar-refractivity contribution in [2.45, 2.75) is 32.8 Å². The van der Waals surface area contributed by atoms with Crippen LogP contribution in [0.2, 0.25) is 0 Å². The molecule has 0 amide bonds. The van der Waals surface area contributed by atoms with E-state index in [1.807, 2.05) is 12.1 Å². The van der Waals surface area contributed by atoms with Crippen LogP contribution < -0.4 is 9.47 Å². The molecule has 0 bridgehead atoms. The van der Waals surface area contributed by atoms with E-state index in [1.54, 1.807) is 13.8 Å². The maximum Gasteiger partial charge on any atom is 0.164 e. The van der Waals surface area contributed by atoms with E-state index in [1.165, 1.54) is 0 Å². The molecule has 16 heavy (non-hydrogen) atoms. The van der Waals surface area contributed by atoms with Crippen molar-refractivity contribution < 1.29 is 14.6 Å². The molecule has 0 fully saturated rings. The molecule has 0 unspecified atom stereocenters. The average molecular weight is 222 g/mol. The number of hydrogen-bond acceptors (Lipinski definition) is 3. The number of ether oxygens (including phenoxy) is 2. The minimum atomic E-state index is -0.846. The van der Waals surface area contributed by atoms with Crippen LogP contribution >= 0.6 is 0 Å². The molecule has 3 heteroatoms. The SMILES string of the molecule is CCc1c(C(C)(C)O)ccc2c1OCCO2. The van der Waals surface area contributed by atoms with Gasteiger partial charge in [-0.15, -0.1) is 0 Å². The summed E-state index contributed by atoms with van der Waals surface area (Å²) in [5.74, 6) is 1.59. The molecule has 0 atom stereocenters. The highest BCUT2D eigenvalue weighted by Crippen LogP contribution is 2.39. The number of rotatable bonds is 2. The van der Waals surface area contributed by atoms with Crippen LogP contribution in [0.15, 0.2) is 12.1 Å². The molecule has 1 aliphatic rings. The molecule has 0 radical (unpaired) electrons. The Labute approximate surface area is 96.0 Å². The summed E-state index contributed by atoms with van der Waals surface area (Å²) in [7, 11) is 0. The monoisotopic (exact) mass is 222 g/mol. The highest BCUT2D eigenvalue weighted by Gasteiger charge is 2.25. The Balaban J connectivity index is 2.56. The van der Waals surface area contributed by atoms with E-state index >= 15 is 0 Å². The van der Waals surface area contributed by atoms with E-state index in [0.29, 0.717) is 13.2 Å². The van der Waals surface area contributed by atoms with Crippen molar-refractivity contribution >= 4 is 0 Å². The van der Waals surface area contributed by atoms with Crippen LogP contribution in [0.25, 0.3) is 0 Å². The van der Waals surface area contributed by atoms with Crippen molar-refractivity contribution in [2.75, 3.05) is 13.2 Å². The van der Waals surface area contributed by atoms with Gasteiger partial charge in [-0.05, 0) is 31.9 Å². The van der Waals surface area contributed by atoms with Gasteiger partial charge in [-0.25, -0.2) is 0 Å². The maximum absolute atomic E-state index is 10.1. The third-order valence-corrected chi connectivity index (χ3v) is 2.82. The molecule has 0 saturated heterocycles. The number of benzene rings is 1. The fourth-order valence-corrected chi connectivity index (χ4v) is 2.10. The van der Waals surface area contributed by atoms with Crippen LogP contribution in [0.4, 0.5) is 0 Å². The molecular formula is C13H18O3. The van der Waals surface area contributed by atoms with Gasteiger partial charge in [0, 0.05) is 5.56 Å². The summed E-state index contributed by atoms with van der Waals surface area (Å²) >= 11 is 0. The zero-order chi connectivity index (χ0) is 11.8. The molecular weight excluding hydrogens is 204 g/mol. The second-order valence-corrected chi connectivity index (χ2v) is 4.53. The van der Waals surface area contributed by atoms with E-state index in [2.05, 4.69) is 6.92 Å². The largest absolute Gasteiger partial charge is 0.486 e. The maximum atomic E-state index is 10.1. The predicted molar refractivity (Wildman–Crippen MR) is 62.1 cm³/mol. The van der Waals surface area contributed by atoms with Gasteiger partial charge in [0.05, 0.1) is 5.60 Å². The summed E-state index contributed by atoms with van der Waals surface area (Å²) in [6.45, 7) is 6.81. The molecule has 0 aromatic heterocycles. The highest BCUT2D eigenvalue weighted by molar-refractivity contribution is 5.53. The molecule has 1 aromatic rings. The Morgan fingerprint density at radius 1 is 1.25 bits per heavy atom. The van der Waals surface area contributed by atoms with Crippen LogP contribution in [0.3, 0.4) is 0 Å². The first-order chi connectivity index (χ1) is 7.54. The Kier molecular flexibility index (Phi) is 2.80. The van der Waals surface area contributed by atoms with Gasteiger partial charge in [0.1, 0.15) is 13.2 Å². The van der Waals surface area contributed by atoms with E-state index in [-0.39, 0.29) is 0 Å². The Morgan fingerprint density at radius 3 is 2.56 bits per heavy atom. The molecule has 0 aliphatic carbocycles. The van der Waals surface area contributed by atoms with E-state index < -0.39 is 5.60 Å². The summed E-state index contributed by atoms with van der Waals surface area (Å²) in [6, 6.07) is 3.80. The van der Waals surface area contributed by atoms with Gasteiger partial charge in [-0.2, -0.15) is 0 Å². The molecule has 1 aliphatic heterocycles. The first-order valence-corrected chi connectivity index (χ1v) is 5.68. The van der Waals surface area contributed by atoms with Gasteiger partial charge in [0.15, 0.2) is 11.5 Å². The molecule has 3 nitrogen and oxygen atoms in total. The van der Waals surface area contributed by atoms with Crippen molar-refractivity contribution in [3.63, 3.8) is 0 Å². The number of aliphatic hydroxyl groups is 1. The van der Waals surface area contributed by atoms with Crippen LogP contribution in [-0.4, -0.2) is 18.3 Å². The summed E-state index contributed by atoms with van der Waals surface area (Å²) in [5.41, 5.74) is 1.12. The van der Waals surface area contributed by atoms with Crippen LogP contribution in [0.5, 0.6) is 11.5 Å². The fourth-order valence-electron chi connectivity index (χ4n) is 2.10. The van der Waals surface area contributed by atoms with Crippen LogP contribution in [-0.2, 0) is 12.0 Å². The standard InChI is InChI=1S/C13H18O3/c1-4-9-10(13(2,3)14)5-6-11-12(9)16-8-7-15-11/h5-6,14H,4,7-8H2,1-3H3. The van der Waals surface area contributed by atoms with Crippen molar-refractivity contribution in [3.8, 4) is 11.5 Å². The summed E-state index contributed by atoms with van der Waals surface area (Å²) in [6.07, 6.45) is 0.825. The topological polar surface area (TPSA) is 38.7 Å². The average Bonchev–Trinajstić information content (AvgIpc) is 2.26. The quantitative estimate of drug-likeness (QED) is 0.834. The van der Waals surface area contributed by atoms with E-state index in [4.69, 9.17) is 9.47 Å². The predicted octanol–water partition coefficient (Wildman–Crippen LogP) is 2.25. The molecule has 2 rings (SSSR count). The molecule has 0 spiro atoms. The minimum absolute atomic E-state index is 0.579. The highest BCUT2D eigenvalue weighted by atomic mass is 16.6. The molecule has 0 saturated carbocycles. The first-order valence-electron chi connectivity index (χ1n) is 5.68. The van der Waals surface area contributed by atoms with Gasteiger partial charge >= 0.3 is 0 Å². The molecule has 1 aromatic carbocycles. The smallest absolute Gasteiger partial charge is 0.164 e. The third kappa shape index (κ3) is 1.87. The molecule has 1 N–H and O–H groups in total. The first kappa shape index (κ1) is 11.3. The Bertz CT molecular complexity index is 391. The lowest BCUT2D eigenvalue weighted by Crippen LogP contribution is -2.22. The Hall–Kier alpha value is -1.22. The summed E-state index contributed by atoms with van der Waals surface area (Å²) in [5, 5.41) is 10.1. The second-order valence-electron chi connectivity index (χ2n) is 4.53. The van der Waals surface area contributed by atoms with Crippen molar-refractivity contribution in [1.82, 2.24) is 0 Å². The number of fused-ring (bicyclic) bond motifs is 1. The van der Waals surface area contributed by atoms with Crippen LogP contribution in [0, 0.1) is 0 Å². The van der Waals surface area contributed by atoms with Gasteiger partial charge in [0.25, 0.3) is 0 Å². The lowest BCUT2D eigenvalue weighted by atomic mass is 9.91.